The SMILES string of the molecule is COc1cc(-n2cnc3cc(-c4ccc(Cl)cc4)sc3c2=O)ccc1OCC1(OC(=O)CN)CC1. The highest BCUT2D eigenvalue weighted by Gasteiger charge is 2.48. The first-order valence-electron chi connectivity index (χ1n) is 10.9. The van der Waals surface area contributed by atoms with E-state index in [1.165, 1.54) is 29.3 Å². The van der Waals surface area contributed by atoms with Crippen molar-refractivity contribution >= 4 is 39.1 Å². The number of hydrogen-bond acceptors (Lipinski definition) is 8. The molecule has 1 saturated carbocycles. The van der Waals surface area contributed by atoms with Crippen LogP contribution in [0.4, 0.5) is 0 Å². The summed E-state index contributed by atoms with van der Waals surface area (Å²) in [4.78, 5) is 30.3. The monoisotopic (exact) mass is 511 g/mol. The van der Waals surface area contributed by atoms with E-state index < -0.39 is 11.6 Å². The standard InChI is InChI=1S/C25H22ClN3O5S/c1-32-20-10-17(6-7-19(20)33-13-25(8-9-25)34-22(30)12-27)29-14-28-18-11-21(35-23(18)24(29)31)15-2-4-16(26)5-3-15/h2-7,10-11,14H,8-9,12-13,27H2,1H3. The maximum Gasteiger partial charge on any atom is 0.320 e. The van der Waals surface area contributed by atoms with Crippen molar-refractivity contribution in [3.8, 4) is 27.6 Å². The predicted molar refractivity (Wildman–Crippen MR) is 135 cm³/mol. The van der Waals surface area contributed by atoms with Gasteiger partial charge < -0.3 is 19.9 Å². The van der Waals surface area contributed by atoms with Crippen molar-refractivity contribution in [2.24, 2.45) is 5.73 Å². The normalized spacial score (nSPS) is 14.0. The Bertz CT molecular complexity index is 1460. The van der Waals surface area contributed by atoms with Gasteiger partial charge in [0.15, 0.2) is 11.5 Å². The molecular formula is C25H22ClN3O5S. The molecule has 0 saturated heterocycles. The summed E-state index contributed by atoms with van der Waals surface area (Å²) in [7, 11) is 1.52. The van der Waals surface area contributed by atoms with Crippen LogP contribution in [0.25, 0.3) is 26.3 Å². The molecule has 0 bridgehead atoms. The van der Waals surface area contributed by atoms with Crippen LogP contribution in [0.1, 0.15) is 12.8 Å². The third kappa shape index (κ3) is 4.75. The molecule has 0 atom stereocenters. The van der Waals surface area contributed by atoms with Gasteiger partial charge in [0, 0.05) is 16.0 Å². The van der Waals surface area contributed by atoms with Gasteiger partial charge in [-0.05, 0) is 48.7 Å². The molecule has 5 rings (SSSR count). The Hall–Kier alpha value is -3.40. The van der Waals surface area contributed by atoms with E-state index in [1.54, 1.807) is 18.2 Å². The van der Waals surface area contributed by atoms with Gasteiger partial charge in [0.1, 0.15) is 23.2 Å². The van der Waals surface area contributed by atoms with E-state index in [0.717, 1.165) is 23.3 Å². The van der Waals surface area contributed by atoms with E-state index in [4.69, 9.17) is 31.5 Å². The van der Waals surface area contributed by atoms with E-state index in [0.29, 0.717) is 32.4 Å². The number of thiophene rings is 1. The maximum absolute atomic E-state index is 13.3. The van der Waals surface area contributed by atoms with Gasteiger partial charge in [-0.3, -0.25) is 14.2 Å². The topological polar surface area (TPSA) is 106 Å². The third-order valence-corrected chi connectivity index (χ3v) is 7.20. The van der Waals surface area contributed by atoms with Crippen molar-refractivity contribution in [3.63, 3.8) is 0 Å². The zero-order chi connectivity index (χ0) is 24.6. The van der Waals surface area contributed by atoms with Gasteiger partial charge in [-0.25, -0.2) is 4.98 Å². The van der Waals surface area contributed by atoms with Crippen LogP contribution in [0, 0.1) is 0 Å². The number of methoxy groups -OCH3 is 1. The van der Waals surface area contributed by atoms with Crippen LogP contribution in [0.3, 0.4) is 0 Å². The lowest BCUT2D eigenvalue weighted by Gasteiger charge is -2.18. The number of hydrogen-bond donors (Lipinski definition) is 1. The Morgan fingerprint density at radius 3 is 2.63 bits per heavy atom. The van der Waals surface area contributed by atoms with E-state index >= 15 is 0 Å². The zero-order valence-corrected chi connectivity index (χ0v) is 20.4. The molecule has 0 radical (unpaired) electrons. The lowest BCUT2D eigenvalue weighted by atomic mass is 10.2. The summed E-state index contributed by atoms with van der Waals surface area (Å²) in [6.07, 6.45) is 2.95. The molecule has 2 aromatic heterocycles. The zero-order valence-electron chi connectivity index (χ0n) is 18.8. The van der Waals surface area contributed by atoms with Crippen LogP contribution in [-0.2, 0) is 9.53 Å². The van der Waals surface area contributed by atoms with Crippen molar-refractivity contribution in [1.29, 1.82) is 0 Å². The highest BCUT2D eigenvalue weighted by molar-refractivity contribution is 7.22. The van der Waals surface area contributed by atoms with E-state index in [-0.39, 0.29) is 18.7 Å². The van der Waals surface area contributed by atoms with Crippen LogP contribution < -0.4 is 20.8 Å². The van der Waals surface area contributed by atoms with Gasteiger partial charge in [0.2, 0.25) is 0 Å². The number of halogens is 1. The molecule has 35 heavy (non-hydrogen) atoms. The molecule has 8 nitrogen and oxygen atoms in total. The van der Waals surface area contributed by atoms with Crippen LogP contribution in [0.2, 0.25) is 5.02 Å². The molecule has 2 aromatic carbocycles. The Balaban J connectivity index is 1.41. The number of carbonyl (C=O) groups is 1. The number of esters is 1. The summed E-state index contributed by atoms with van der Waals surface area (Å²) < 4.78 is 18.8. The predicted octanol–water partition coefficient (Wildman–Crippen LogP) is 4.19. The molecule has 0 unspecified atom stereocenters. The molecule has 0 amide bonds. The van der Waals surface area contributed by atoms with Crippen LogP contribution in [0.5, 0.6) is 11.5 Å². The fourth-order valence-corrected chi connectivity index (χ4v) is 4.86. The van der Waals surface area contributed by atoms with Crippen molar-refractivity contribution in [1.82, 2.24) is 9.55 Å². The second-order valence-electron chi connectivity index (χ2n) is 8.24. The first-order chi connectivity index (χ1) is 16.9. The second-order valence-corrected chi connectivity index (χ2v) is 9.73. The minimum absolute atomic E-state index is 0.168. The molecule has 1 aliphatic carbocycles. The number of nitrogens with zero attached hydrogens (tertiary/aromatic N) is 2. The molecular weight excluding hydrogens is 490 g/mol. The van der Waals surface area contributed by atoms with E-state index in [2.05, 4.69) is 4.98 Å². The van der Waals surface area contributed by atoms with Gasteiger partial charge in [-0.2, -0.15) is 0 Å². The fourth-order valence-electron chi connectivity index (χ4n) is 3.69. The van der Waals surface area contributed by atoms with Crippen LogP contribution >= 0.6 is 22.9 Å². The number of ether oxygens (including phenoxy) is 3. The average molecular weight is 512 g/mol. The Morgan fingerprint density at radius 2 is 1.94 bits per heavy atom. The van der Waals surface area contributed by atoms with Gasteiger partial charge in [-0.1, -0.05) is 23.7 Å². The molecule has 2 heterocycles. The van der Waals surface area contributed by atoms with Crippen molar-refractivity contribution in [3.05, 3.63) is 70.2 Å². The largest absolute Gasteiger partial charge is 0.493 e. The van der Waals surface area contributed by atoms with Crippen molar-refractivity contribution in [2.75, 3.05) is 20.3 Å². The third-order valence-electron chi connectivity index (χ3n) is 5.79. The first kappa shape index (κ1) is 23.3. The molecule has 2 N–H and O–H groups in total. The van der Waals surface area contributed by atoms with Gasteiger partial charge in [0.25, 0.3) is 5.56 Å². The highest BCUT2D eigenvalue weighted by Crippen LogP contribution is 2.41. The Kier molecular flexibility index (Phi) is 6.22. The van der Waals surface area contributed by atoms with Gasteiger partial charge >= 0.3 is 5.97 Å². The highest BCUT2D eigenvalue weighted by atomic mass is 35.5. The number of nitrogens with two attached hydrogens (primary N) is 1. The Morgan fingerprint density at radius 1 is 1.17 bits per heavy atom. The summed E-state index contributed by atoms with van der Waals surface area (Å²) in [5, 5.41) is 0.653. The average Bonchev–Trinajstić information content (AvgIpc) is 3.49. The number of fused-ring (bicyclic) bond motifs is 1. The molecule has 4 aromatic rings. The summed E-state index contributed by atoms with van der Waals surface area (Å²) in [6.45, 7) is 0.0307. The van der Waals surface area contributed by atoms with Crippen molar-refractivity contribution < 1.29 is 19.0 Å². The van der Waals surface area contributed by atoms with E-state index in [9.17, 15) is 9.59 Å². The van der Waals surface area contributed by atoms with Crippen molar-refractivity contribution in [2.45, 2.75) is 18.4 Å². The molecule has 1 fully saturated rings. The molecule has 180 valence electrons. The van der Waals surface area contributed by atoms with Crippen LogP contribution in [0.15, 0.2) is 59.7 Å². The minimum Gasteiger partial charge on any atom is -0.493 e. The van der Waals surface area contributed by atoms with Crippen LogP contribution in [-0.4, -0.2) is 41.4 Å². The smallest absolute Gasteiger partial charge is 0.320 e. The first-order valence-corrected chi connectivity index (χ1v) is 12.1. The molecule has 1 aliphatic rings. The summed E-state index contributed by atoms with van der Waals surface area (Å²) >= 11 is 7.38. The van der Waals surface area contributed by atoms with E-state index in [1.807, 2.05) is 30.3 Å². The number of aromatic nitrogens is 2. The quantitative estimate of drug-likeness (QED) is 0.353. The lowest BCUT2D eigenvalue weighted by molar-refractivity contribution is -0.151. The minimum atomic E-state index is -0.632. The molecule has 10 heteroatoms. The molecule has 0 spiro atoms. The molecule has 0 aliphatic heterocycles. The summed E-state index contributed by atoms with van der Waals surface area (Å²) in [5.41, 5.74) is 6.72. The summed E-state index contributed by atoms with van der Waals surface area (Å²) in [6, 6.07) is 14.6. The fraction of sp³-hybridized carbons (Fsp3) is 0.240. The number of benzene rings is 2. The van der Waals surface area contributed by atoms with Gasteiger partial charge in [-0.15, -0.1) is 11.3 Å². The number of carbonyl (C=O) groups excluding carboxylic acids is 1. The Labute approximate surface area is 209 Å². The summed E-state index contributed by atoms with van der Waals surface area (Å²) in [5.74, 6) is 0.474. The second kappa shape index (κ2) is 9.33. The number of rotatable bonds is 8. The maximum atomic E-state index is 13.3. The lowest BCUT2D eigenvalue weighted by Crippen LogP contribution is -2.30. The van der Waals surface area contributed by atoms with Gasteiger partial charge in [0.05, 0.1) is 24.9 Å².